The van der Waals surface area contributed by atoms with E-state index in [4.69, 9.17) is 0 Å². The zero-order valence-corrected chi connectivity index (χ0v) is 10.4. The first kappa shape index (κ1) is 12.8. The molecule has 2 aromatic carbocycles. The molecule has 0 amide bonds. The van der Waals surface area contributed by atoms with Gasteiger partial charge in [-0.25, -0.2) is 8.78 Å². The first-order chi connectivity index (χ1) is 8.60. The van der Waals surface area contributed by atoms with Crippen molar-refractivity contribution in [1.82, 2.24) is 0 Å². The number of benzene rings is 2. The number of hydrogen-bond acceptors (Lipinski definition) is 2. The molecule has 2 aromatic rings. The van der Waals surface area contributed by atoms with Gasteiger partial charge in [-0.3, -0.25) is 4.79 Å². The molecule has 2 rings (SSSR count). The largest absolute Gasteiger partial charge is 0.298 e. The predicted octanol–water partition coefficient (Wildman–Crippen LogP) is 4.24. The molecule has 1 nitrogen and oxygen atoms in total. The van der Waals surface area contributed by atoms with Crippen molar-refractivity contribution in [2.45, 2.75) is 16.7 Å². The van der Waals surface area contributed by atoms with E-state index in [0.717, 1.165) is 34.4 Å². The van der Waals surface area contributed by atoms with Crippen LogP contribution in [0.1, 0.15) is 15.9 Å². The molecule has 0 saturated heterocycles. The molecule has 0 unspecified atom stereocenters. The van der Waals surface area contributed by atoms with Gasteiger partial charge in [0.15, 0.2) is 0 Å². The Kier molecular flexibility index (Phi) is 3.77. The van der Waals surface area contributed by atoms with Gasteiger partial charge in [0.05, 0.1) is 4.90 Å². The first-order valence-corrected chi connectivity index (χ1v) is 6.10. The van der Waals surface area contributed by atoms with E-state index in [9.17, 15) is 13.6 Å². The number of rotatable bonds is 3. The lowest BCUT2D eigenvalue weighted by Crippen LogP contribution is -1.92. The second-order valence-corrected chi connectivity index (χ2v) is 4.93. The molecule has 0 aliphatic heterocycles. The van der Waals surface area contributed by atoms with Crippen LogP contribution in [0, 0.1) is 18.6 Å². The second kappa shape index (κ2) is 5.31. The van der Waals surface area contributed by atoms with E-state index in [2.05, 4.69) is 0 Å². The summed E-state index contributed by atoms with van der Waals surface area (Å²) in [6, 6.07) is 9.43. The third kappa shape index (κ3) is 2.76. The molecule has 0 N–H and O–H groups in total. The quantitative estimate of drug-likeness (QED) is 0.771. The van der Waals surface area contributed by atoms with Crippen LogP contribution in [-0.2, 0) is 0 Å². The molecule has 18 heavy (non-hydrogen) atoms. The fourth-order valence-electron chi connectivity index (χ4n) is 1.54. The molecule has 0 spiro atoms. The van der Waals surface area contributed by atoms with E-state index in [1.54, 1.807) is 6.07 Å². The van der Waals surface area contributed by atoms with Gasteiger partial charge in [0.25, 0.3) is 0 Å². The second-order valence-electron chi connectivity index (χ2n) is 3.85. The van der Waals surface area contributed by atoms with Crippen LogP contribution in [0.4, 0.5) is 8.78 Å². The average Bonchev–Trinajstić information content (AvgIpc) is 2.33. The molecule has 0 bridgehead atoms. The van der Waals surface area contributed by atoms with Crippen molar-refractivity contribution in [3.05, 3.63) is 59.2 Å². The fraction of sp³-hybridized carbons (Fsp3) is 0.0714. The maximum atomic E-state index is 13.7. The van der Waals surface area contributed by atoms with Gasteiger partial charge in [-0.2, -0.15) is 0 Å². The van der Waals surface area contributed by atoms with Crippen molar-refractivity contribution in [1.29, 1.82) is 0 Å². The summed E-state index contributed by atoms with van der Waals surface area (Å²) in [5.74, 6) is -1.44. The van der Waals surface area contributed by atoms with Gasteiger partial charge >= 0.3 is 0 Å². The van der Waals surface area contributed by atoms with Gasteiger partial charge in [0.2, 0.25) is 0 Å². The topological polar surface area (TPSA) is 17.1 Å². The van der Waals surface area contributed by atoms with Crippen molar-refractivity contribution in [3.8, 4) is 0 Å². The van der Waals surface area contributed by atoms with Gasteiger partial charge in [-0.05, 0) is 31.2 Å². The van der Waals surface area contributed by atoms with E-state index >= 15 is 0 Å². The number of carbonyl (C=O) groups excluding carboxylic acids is 1. The Bertz CT molecular complexity index is 573. The lowest BCUT2D eigenvalue weighted by Gasteiger charge is -2.06. The summed E-state index contributed by atoms with van der Waals surface area (Å²) in [5.41, 5.74) is 1.02. The highest BCUT2D eigenvalue weighted by atomic mass is 32.2. The smallest absolute Gasteiger partial charge is 0.150 e. The zero-order chi connectivity index (χ0) is 13.1. The highest BCUT2D eigenvalue weighted by Gasteiger charge is 2.12. The minimum atomic E-state index is -0.719. The summed E-state index contributed by atoms with van der Waals surface area (Å²) in [4.78, 5) is 11.1. The van der Waals surface area contributed by atoms with Crippen LogP contribution in [-0.4, -0.2) is 6.29 Å². The van der Waals surface area contributed by atoms with Crippen LogP contribution in [0.3, 0.4) is 0 Å². The summed E-state index contributed by atoms with van der Waals surface area (Å²) in [5, 5.41) is 0. The lowest BCUT2D eigenvalue weighted by molar-refractivity contribution is 0.112. The highest BCUT2D eigenvalue weighted by molar-refractivity contribution is 7.99. The van der Waals surface area contributed by atoms with E-state index in [1.807, 2.05) is 25.1 Å². The van der Waals surface area contributed by atoms with E-state index in [-0.39, 0.29) is 10.5 Å². The highest BCUT2D eigenvalue weighted by Crippen LogP contribution is 2.32. The average molecular weight is 264 g/mol. The van der Waals surface area contributed by atoms with Crippen molar-refractivity contribution in [2.24, 2.45) is 0 Å². The summed E-state index contributed by atoms with van der Waals surface area (Å²) < 4.78 is 27.3. The first-order valence-electron chi connectivity index (χ1n) is 5.29. The van der Waals surface area contributed by atoms with Gasteiger partial charge in [-0.1, -0.05) is 29.5 Å². The SMILES string of the molecule is Cc1cccc(Sc2c(F)cc(C=O)cc2F)c1. The Labute approximate surface area is 108 Å². The molecule has 0 fully saturated rings. The van der Waals surface area contributed by atoms with Crippen molar-refractivity contribution < 1.29 is 13.6 Å². The molecule has 0 aliphatic rings. The molecule has 4 heteroatoms. The predicted molar refractivity (Wildman–Crippen MR) is 67.0 cm³/mol. The molecule has 0 heterocycles. The summed E-state index contributed by atoms with van der Waals surface area (Å²) in [7, 11) is 0. The molecule has 0 radical (unpaired) electrons. The fourth-order valence-corrected chi connectivity index (χ4v) is 2.48. The summed E-state index contributed by atoms with van der Waals surface area (Å²) in [6.07, 6.45) is 0.424. The van der Waals surface area contributed by atoms with Gasteiger partial charge in [0, 0.05) is 10.5 Å². The van der Waals surface area contributed by atoms with Crippen LogP contribution in [0.2, 0.25) is 0 Å². The Morgan fingerprint density at radius 2 is 1.78 bits per heavy atom. The third-order valence-corrected chi connectivity index (χ3v) is 3.45. The number of hydrogen-bond donors (Lipinski definition) is 0. The maximum Gasteiger partial charge on any atom is 0.150 e. The van der Waals surface area contributed by atoms with Crippen LogP contribution in [0.15, 0.2) is 46.2 Å². The van der Waals surface area contributed by atoms with Crippen LogP contribution >= 0.6 is 11.8 Å². The monoisotopic (exact) mass is 264 g/mol. The molecule has 92 valence electrons. The van der Waals surface area contributed by atoms with Crippen molar-refractivity contribution in [2.75, 3.05) is 0 Å². The Balaban J connectivity index is 2.37. The van der Waals surface area contributed by atoms with Crippen LogP contribution in [0.5, 0.6) is 0 Å². The van der Waals surface area contributed by atoms with Gasteiger partial charge in [0.1, 0.15) is 17.9 Å². The minimum absolute atomic E-state index is 0.00130. The normalized spacial score (nSPS) is 10.4. The standard InChI is InChI=1S/C14H10F2OS/c1-9-3-2-4-11(5-9)18-14-12(15)6-10(8-17)7-13(14)16/h2-8H,1H3. The molecule has 0 aliphatic carbocycles. The van der Waals surface area contributed by atoms with Crippen molar-refractivity contribution >= 4 is 18.0 Å². The molecule has 0 atom stereocenters. The Hall–Kier alpha value is -1.68. The summed E-state index contributed by atoms with van der Waals surface area (Å²) >= 11 is 1.01. The minimum Gasteiger partial charge on any atom is -0.298 e. The zero-order valence-electron chi connectivity index (χ0n) is 9.61. The van der Waals surface area contributed by atoms with Crippen LogP contribution < -0.4 is 0 Å². The van der Waals surface area contributed by atoms with Gasteiger partial charge in [-0.15, -0.1) is 0 Å². The Morgan fingerprint density at radius 1 is 1.11 bits per heavy atom. The summed E-state index contributed by atoms with van der Waals surface area (Å²) in [6.45, 7) is 1.91. The van der Waals surface area contributed by atoms with Crippen molar-refractivity contribution in [3.63, 3.8) is 0 Å². The lowest BCUT2D eigenvalue weighted by atomic mass is 10.2. The van der Waals surface area contributed by atoms with Crippen LogP contribution in [0.25, 0.3) is 0 Å². The maximum absolute atomic E-state index is 13.7. The number of aldehydes is 1. The number of halogens is 2. The van der Waals surface area contributed by atoms with Gasteiger partial charge < -0.3 is 0 Å². The van der Waals surface area contributed by atoms with E-state index < -0.39 is 11.6 Å². The number of carbonyl (C=O) groups is 1. The molecule has 0 saturated carbocycles. The third-order valence-electron chi connectivity index (χ3n) is 2.37. The molecular formula is C14H10F2OS. The number of aryl methyl sites for hydroxylation is 1. The Morgan fingerprint density at radius 3 is 2.33 bits per heavy atom. The molecule has 0 aromatic heterocycles. The van der Waals surface area contributed by atoms with E-state index in [1.165, 1.54) is 0 Å². The van der Waals surface area contributed by atoms with E-state index in [0.29, 0.717) is 6.29 Å². The molecular weight excluding hydrogens is 254 g/mol.